The molecule has 0 aliphatic rings. The van der Waals surface area contributed by atoms with E-state index in [1.807, 2.05) is 0 Å². The van der Waals surface area contributed by atoms with E-state index in [0.717, 1.165) is 18.8 Å². The fourth-order valence-corrected chi connectivity index (χ4v) is 1.48. The minimum Gasteiger partial charge on any atom is -0.328 e. The molecule has 0 bridgehead atoms. The Hall–Kier alpha value is 0.310. The SMILES string of the molecule is CC(C)C[C@H](N)CC(C)(C)C.S. The Labute approximate surface area is 84.6 Å². The number of hydrogen-bond donors (Lipinski definition) is 1. The van der Waals surface area contributed by atoms with Crippen LogP contribution >= 0.6 is 13.5 Å². The van der Waals surface area contributed by atoms with Crippen molar-refractivity contribution in [2.24, 2.45) is 17.1 Å². The van der Waals surface area contributed by atoms with Crippen LogP contribution in [0.25, 0.3) is 0 Å². The van der Waals surface area contributed by atoms with E-state index in [1.54, 1.807) is 0 Å². The predicted molar refractivity (Wildman–Crippen MR) is 61.9 cm³/mol. The van der Waals surface area contributed by atoms with Crippen molar-refractivity contribution in [3.8, 4) is 0 Å². The fourth-order valence-electron chi connectivity index (χ4n) is 1.48. The number of hydrogen-bond acceptors (Lipinski definition) is 1. The monoisotopic (exact) mass is 191 g/mol. The molecule has 0 aromatic heterocycles. The minimum absolute atomic E-state index is 0. The molecule has 0 aromatic carbocycles. The van der Waals surface area contributed by atoms with Crippen molar-refractivity contribution in [3.05, 3.63) is 0 Å². The molecule has 0 radical (unpaired) electrons. The summed E-state index contributed by atoms with van der Waals surface area (Å²) in [5.74, 6) is 0.729. The van der Waals surface area contributed by atoms with Crippen molar-refractivity contribution >= 4 is 13.5 Å². The van der Waals surface area contributed by atoms with E-state index in [0.29, 0.717) is 11.5 Å². The summed E-state index contributed by atoms with van der Waals surface area (Å²) in [5, 5.41) is 0. The maximum absolute atomic E-state index is 5.96. The zero-order chi connectivity index (χ0) is 9.07. The lowest BCUT2D eigenvalue weighted by Gasteiger charge is -2.24. The van der Waals surface area contributed by atoms with Gasteiger partial charge in [-0.15, -0.1) is 0 Å². The average molecular weight is 191 g/mol. The second kappa shape index (κ2) is 5.87. The molecular formula is C10H25NS. The zero-order valence-electron chi connectivity index (χ0n) is 9.15. The standard InChI is InChI=1S/C10H23N.H2S/c1-8(2)6-9(11)7-10(3,4)5;/h8-9H,6-7,11H2,1-5H3;1H2/t9-;/m0./s1. The zero-order valence-corrected chi connectivity index (χ0v) is 10.1. The van der Waals surface area contributed by atoms with Crippen LogP contribution in [0.3, 0.4) is 0 Å². The molecule has 2 heteroatoms. The quantitative estimate of drug-likeness (QED) is 0.729. The summed E-state index contributed by atoms with van der Waals surface area (Å²) in [6.45, 7) is 11.2. The lowest BCUT2D eigenvalue weighted by atomic mass is 9.86. The highest BCUT2D eigenvalue weighted by Gasteiger charge is 2.15. The molecule has 1 nitrogen and oxygen atoms in total. The van der Waals surface area contributed by atoms with Gasteiger partial charge in [-0.3, -0.25) is 0 Å². The van der Waals surface area contributed by atoms with Gasteiger partial charge in [-0.25, -0.2) is 0 Å². The third-order valence-corrected chi connectivity index (χ3v) is 1.65. The molecule has 0 unspecified atom stereocenters. The highest BCUT2D eigenvalue weighted by atomic mass is 32.1. The molecule has 1 atom stereocenters. The second-order valence-electron chi connectivity index (χ2n) is 5.15. The van der Waals surface area contributed by atoms with Crippen LogP contribution in [-0.2, 0) is 0 Å². The van der Waals surface area contributed by atoms with Crippen LogP contribution < -0.4 is 5.73 Å². The molecular weight excluding hydrogens is 166 g/mol. The lowest BCUT2D eigenvalue weighted by molar-refractivity contribution is 0.315. The molecule has 0 spiro atoms. The van der Waals surface area contributed by atoms with E-state index in [2.05, 4.69) is 34.6 Å². The molecule has 2 N–H and O–H groups in total. The van der Waals surface area contributed by atoms with Gasteiger partial charge in [-0.2, -0.15) is 13.5 Å². The predicted octanol–water partition coefficient (Wildman–Crippen LogP) is 2.91. The Balaban J connectivity index is 0. The molecule has 0 rings (SSSR count). The molecule has 0 aromatic rings. The van der Waals surface area contributed by atoms with Crippen LogP contribution in [-0.4, -0.2) is 6.04 Å². The number of rotatable bonds is 3. The summed E-state index contributed by atoms with van der Waals surface area (Å²) in [7, 11) is 0. The smallest absolute Gasteiger partial charge is 0.00462 e. The van der Waals surface area contributed by atoms with Gasteiger partial charge in [0.2, 0.25) is 0 Å². The molecule has 76 valence electrons. The molecule has 0 aliphatic heterocycles. The molecule has 0 aliphatic carbocycles. The largest absolute Gasteiger partial charge is 0.328 e. The van der Waals surface area contributed by atoms with Gasteiger partial charge in [-0.1, -0.05) is 34.6 Å². The Morgan fingerprint density at radius 3 is 1.83 bits per heavy atom. The maximum atomic E-state index is 5.96. The van der Waals surface area contributed by atoms with E-state index in [9.17, 15) is 0 Å². The van der Waals surface area contributed by atoms with E-state index in [1.165, 1.54) is 0 Å². The van der Waals surface area contributed by atoms with Gasteiger partial charge >= 0.3 is 0 Å². The van der Waals surface area contributed by atoms with Gasteiger partial charge in [0.25, 0.3) is 0 Å². The summed E-state index contributed by atoms with van der Waals surface area (Å²) in [5.41, 5.74) is 6.34. The highest BCUT2D eigenvalue weighted by Crippen LogP contribution is 2.22. The van der Waals surface area contributed by atoms with Crippen LogP contribution in [0.5, 0.6) is 0 Å². The van der Waals surface area contributed by atoms with Crippen molar-refractivity contribution in [2.75, 3.05) is 0 Å². The maximum Gasteiger partial charge on any atom is 0.00462 e. The molecule has 0 fully saturated rings. The molecule has 12 heavy (non-hydrogen) atoms. The Morgan fingerprint density at radius 2 is 1.58 bits per heavy atom. The van der Waals surface area contributed by atoms with Crippen molar-refractivity contribution < 1.29 is 0 Å². The normalized spacial score (nSPS) is 14.2. The first-order valence-corrected chi connectivity index (χ1v) is 4.57. The fraction of sp³-hybridized carbons (Fsp3) is 1.00. The highest BCUT2D eigenvalue weighted by molar-refractivity contribution is 7.59. The van der Waals surface area contributed by atoms with Gasteiger partial charge < -0.3 is 5.73 Å². The molecule has 0 amide bonds. The topological polar surface area (TPSA) is 26.0 Å². The Kier molecular flexibility index (Phi) is 7.25. The van der Waals surface area contributed by atoms with Crippen molar-refractivity contribution in [1.29, 1.82) is 0 Å². The van der Waals surface area contributed by atoms with E-state index in [4.69, 9.17) is 5.73 Å². The first-order chi connectivity index (χ1) is 4.81. The van der Waals surface area contributed by atoms with E-state index >= 15 is 0 Å². The van der Waals surface area contributed by atoms with Crippen LogP contribution in [0.1, 0.15) is 47.5 Å². The summed E-state index contributed by atoms with van der Waals surface area (Å²) >= 11 is 0. The van der Waals surface area contributed by atoms with Crippen molar-refractivity contribution in [2.45, 2.75) is 53.5 Å². The third-order valence-electron chi connectivity index (χ3n) is 1.65. The molecule has 0 saturated carbocycles. The van der Waals surface area contributed by atoms with Gasteiger partial charge in [0.15, 0.2) is 0 Å². The van der Waals surface area contributed by atoms with Gasteiger partial charge in [0.1, 0.15) is 0 Å². The van der Waals surface area contributed by atoms with E-state index < -0.39 is 0 Å². The Bertz CT molecular complexity index is 105. The van der Waals surface area contributed by atoms with Crippen LogP contribution in [0.15, 0.2) is 0 Å². The molecule has 0 heterocycles. The van der Waals surface area contributed by atoms with Gasteiger partial charge in [-0.05, 0) is 24.2 Å². The first kappa shape index (κ1) is 14.8. The van der Waals surface area contributed by atoms with Crippen LogP contribution in [0.4, 0.5) is 0 Å². The summed E-state index contributed by atoms with van der Waals surface area (Å²) < 4.78 is 0. The lowest BCUT2D eigenvalue weighted by Crippen LogP contribution is -2.27. The van der Waals surface area contributed by atoms with E-state index in [-0.39, 0.29) is 13.5 Å². The van der Waals surface area contributed by atoms with Gasteiger partial charge in [0, 0.05) is 6.04 Å². The van der Waals surface area contributed by atoms with Crippen LogP contribution in [0, 0.1) is 11.3 Å². The summed E-state index contributed by atoms with van der Waals surface area (Å²) in [4.78, 5) is 0. The summed E-state index contributed by atoms with van der Waals surface area (Å²) in [6, 6.07) is 0.384. The summed E-state index contributed by atoms with van der Waals surface area (Å²) in [6.07, 6.45) is 2.28. The number of nitrogens with two attached hydrogens (primary N) is 1. The average Bonchev–Trinajstić information content (AvgIpc) is 1.53. The van der Waals surface area contributed by atoms with Crippen molar-refractivity contribution in [1.82, 2.24) is 0 Å². The van der Waals surface area contributed by atoms with Crippen LogP contribution in [0.2, 0.25) is 0 Å². The van der Waals surface area contributed by atoms with Gasteiger partial charge in [0.05, 0.1) is 0 Å². The first-order valence-electron chi connectivity index (χ1n) is 4.57. The van der Waals surface area contributed by atoms with Crippen molar-refractivity contribution in [3.63, 3.8) is 0 Å². The minimum atomic E-state index is 0. The molecule has 0 saturated heterocycles. The third kappa shape index (κ3) is 10.3. The Morgan fingerprint density at radius 1 is 1.17 bits per heavy atom. The second-order valence-corrected chi connectivity index (χ2v) is 5.15.